The van der Waals surface area contributed by atoms with E-state index in [1.165, 1.54) is 0 Å². The maximum atomic E-state index is 12.6. The molecule has 2 amide bonds. The zero-order valence-electron chi connectivity index (χ0n) is 14.7. The Bertz CT molecular complexity index is 719. The quantitative estimate of drug-likeness (QED) is 0.822. The number of hydrogen-bond donors (Lipinski definition) is 1. The van der Waals surface area contributed by atoms with Crippen LogP contribution in [0.3, 0.4) is 0 Å². The highest BCUT2D eigenvalue weighted by molar-refractivity contribution is 7.98. The predicted molar refractivity (Wildman–Crippen MR) is 106 cm³/mol. The maximum absolute atomic E-state index is 12.6. The van der Waals surface area contributed by atoms with Crippen LogP contribution in [0.1, 0.15) is 17.1 Å². The van der Waals surface area contributed by atoms with Gasteiger partial charge in [0, 0.05) is 43.0 Å². The van der Waals surface area contributed by atoms with E-state index in [9.17, 15) is 4.79 Å². The van der Waals surface area contributed by atoms with Crippen molar-refractivity contribution in [2.24, 2.45) is 0 Å². The topological polar surface area (TPSA) is 48.5 Å². The number of anilines is 1. The average molecular weight is 377 g/mol. The molecule has 25 heavy (non-hydrogen) atoms. The van der Waals surface area contributed by atoms with E-state index in [0.717, 1.165) is 60.4 Å². The fraction of sp³-hybridized carbons (Fsp3) is 0.444. The molecule has 0 unspecified atom stereocenters. The average Bonchev–Trinajstić information content (AvgIpc) is 2.88. The molecule has 1 aliphatic heterocycles. The molecule has 2 aromatic rings. The Morgan fingerprint density at radius 1 is 1.28 bits per heavy atom. The van der Waals surface area contributed by atoms with Gasteiger partial charge in [-0.1, -0.05) is 12.1 Å². The minimum absolute atomic E-state index is 0.00662. The van der Waals surface area contributed by atoms with Gasteiger partial charge in [0.15, 0.2) is 0 Å². The van der Waals surface area contributed by atoms with Crippen LogP contribution >= 0.6 is 23.1 Å². The van der Waals surface area contributed by atoms with Gasteiger partial charge in [-0.05, 0) is 31.7 Å². The molecule has 1 aromatic carbocycles. The number of urea groups is 1. The first-order valence-electron chi connectivity index (χ1n) is 8.48. The summed E-state index contributed by atoms with van der Waals surface area (Å²) in [4.78, 5) is 22.6. The molecule has 2 heterocycles. The van der Waals surface area contributed by atoms with Crippen molar-refractivity contribution in [2.45, 2.75) is 24.8 Å². The summed E-state index contributed by atoms with van der Waals surface area (Å²) in [5.41, 5.74) is 2.02. The highest BCUT2D eigenvalue weighted by Gasteiger charge is 2.20. The molecule has 1 aliphatic rings. The highest BCUT2D eigenvalue weighted by atomic mass is 32.2. The molecule has 0 atom stereocenters. The number of nitrogens with one attached hydrogen (secondary N) is 1. The number of thiazole rings is 1. The summed E-state index contributed by atoms with van der Waals surface area (Å²) in [6, 6.07) is 7.92. The zero-order chi connectivity index (χ0) is 17.6. The summed E-state index contributed by atoms with van der Waals surface area (Å²) in [7, 11) is 0. The van der Waals surface area contributed by atoms with Crippen LogP contribution in [-0.2, 0) is 6.54 Å². The van der Waals surface area contributed by atoms with Gasteiger partial charge >= 0.3 is 6.03 Å². The fourth-order valence-electron chi connectivity index (χ4n) is 2.98. The number of thioether (sulfide) groups is 1. The van der Waals surface area contributed by atoms with E-state index in [1.54, 1.807) is 23.1 Å². The summed E-state index contributed by atoms with van der Waals surface area (Å²) >= 11 is 3.34. The summed E-state index contributed by atoms with van der Waals surface area (Å²) < 4.78 is 0. The molecule has 0 spiro atoms. The Morgan fingerprint density at radius 3 is 2.88 bits per heavy atom. The van der Waals surface area contributed by atoms with Gasteiger partial charge in [0.05, 0.1) is 16.4 Å². The third kappa shape index (κ3) is 4.96. The number of rotatable bonds is 4. The van der Waals surface area contributed by atoms with Crippen molar-refractivity contribution < 1.29 is 4.79 Å². The number of amides is 2. The lowest BCUT2D eigenvalue weighted by Crippen LogP contribution is -2.38. The second-order valence-corrected chi connectivity index (χ2v) is 8.02. The first-order chi connectivity index (χ1) is 12.2. The van der Waals surface area contributed by atoms with E-state index in [0.29, 0.717) is 0 Å². The highest BCUT2D eigenvalue weighted by Crippen LogP contribution is 2.25. The lowest BCUT2D eigenvalue weighted by atomic mass is 10.3. The van der Waals surface area contributed by atoms with Crippen molar-refractivity contribution in [1.82, 2.24) is 14.8 Å². The van der Waals surface area contributed by atoms with Gasteiger partial charge in [-0.2, -0.15) is 0 Å². The number of benzene rings is 1. The van der Waals surface area contributed by atoms with Gasteiger partial charge in [0.2, 0.25) is 0 Å². The molecule has 1 fully saturated rings. The molecule has 3 rings (SSSR count). The van der Waals surface area contributed by atoms with Crippen LogP contribution in [0.5, 0.6) is 0 Å². The maximum Gasteiger partial charge on any atom is 0.321 e. The summed E-state index contributed by atoms with van der Waals surface area (Å²) in [6.07, 6.45) is 3.01. The predicted octanol–water partition coefficient (Wildman–Crippen LogP) is 3.91. The van der Waals surface area contributed by atoms with E-state index < -0.39 is 0 Å². The summed E-state index contributed by atoms with van der Waals surface area (Å²) in [6.45, 7) is 6.33. The van der Waals surface area contributed by atoms with Crippen molar-refractivity contribution in [2.75, 3.05) is 37.8 Å². The van der Waals surface area contributed by atoms with Crippen molar-refractivity contribution in [3.63, 3.8) is 0 Å². The number of aromatic nitrogens is 1. The van der Waals surface area contributed by atoms with E-state index in [-0.39, 0.29) is 6.03 Å². The Kier molecular flexibility index (Phi) is 6.34. The van der Waals surface area contributed by atoms with Crippen molar-refractivity contribution in [3.8, 4) is 0 Å². The van der Waals surface area contributed by atoms with Crippen molar-refractivity contribution in [3.05, 3.63) is 40.3 Å². The SMILES string of the molecule is CSc1ccccc1NC(=O)N1CCCN(Cc2csc(C)n2)CC1. The third-order valence-corrected chi connectivity index (χ3v) is 5.89. The van der Waals surface area contributed by atoms with Crippen LogP contribution in [0.25, 0.3) is 0 Å². The molecule has 1 aromatic heterocycles. The molecular weight excluding hydrogens is 352 g/mol. The molecule has 1 saturated heterocycles. The number of nitrogens with zero attached hydrogens (tertiary/aromatic N) is 3. The molecular formula is C18H24N4OS2. The smallest absolute Gasteiger partial charge is 0.321 e. The first-order valence-corrected chi connectivity index (χ1v) is 10.6. The molecule has 1 N–H and O–H groups in total. The normalized spacial score (nSPS) is 15.8. The second kappa shape index (κ2) is 8.69. The molecule has 0 radical (unpaired) electrons. The van der Waals surface area contributed by atoms with Crippen LogP contribution in [0, 0.1) is 6.92 Å². The van der Waals surface area contributed by atoms with Crippen LogP contribution in [-0.4, -0.2) is 53.2 Å². The van der Waals surface area contributed by atoms with E-state index in [2.05, 4.69) is 20.6 Å². The van der Waals surface area contributed by atoms with Crippen molar-refractivity contribution >= 4 is 34.8 Å². The van der Waals surface area contributed by atoms with Gasteiger partial charge in [0.25, 0.3) is 0 Å². The number of aryl methyl sites for hydroxylation is 1. The second-order valence-electron chi connectivity index (χ2n) is 6.11. The van der Waals surface area contributed by atoms with Crippen molar-refractivity contribution in [1.29, 1.82) is 0 Å². The molecule has 134 valence electrons. The zero-order valence-corrected chi connectivity index (χ0v) is 16.3. The Hall–Kier alpha value is -1.57. The lowest BCUT2D eigenvalue weighted by Gasteiger charge is -2.22. The molecule has 0 bridgehead atoms. The van der Waals surface area contributed by atoms with Crippen LogP contribution in [0.15, 0.2) is 34.5 Å². The molecule has 5 nitrogen and oxygen atoms in total. The number of hydrogen-bond acceptors (Lipinski definition) is 5. The Balaban J connectivity index is 1.56. The Morgan fingerprint density at radius 2 is 2.12 bits per heavy atom. The van der Waals surface area contributed by atoms with E-state index in [4.69, 9.17) is 0 Å². The molecule has 0 saturated carbocycles. The number of para-hydroxylation sites is 1. The van der Waals surface area contributed by atoms with Crippen LogP contribution in [0.2, 0.25) is 0 Å². The summed E-state index contributed by atoms with van der Waals surface area (Å²) in [5, 5.41) is 6.30. The summed E-state index contributed by atoms with van der Waals surface area (Å²) in [5.74, 6) is 0. The third-order valence-electron chi connectivity index (χ3n) is 4.28. The van der Waals surface area contributed by atoms with Gasteiger partial charge in [-0.15, -0.1) is 23.1 Å². The monoisotopic (exact) mass is 376 g/mol. The van der Waals surface area contributed by atoms with Gasteiger partial charge in [-0.3, -0.25) is 4.90 Å². The van der Waals surface area contributed by atoms with Crippen LogP contribution in [0.4, 0.5) is 10.5 Å². The number of carbonyl (C=O) groups is 1. The van der Waals surface area contributed by atoms with Crippen LogP contribution < -0.4 is 5.32 Å². The van der Waals surface area contributed by atoms with E-state index >= 15 is 0 Å². The van der Waals surface area contributed by atoms with E-state index in [1.807, 2.05) is 42.3 Å². The van der Waals surface area contributed by atoms with Gasteiger partial charge in [0.1, 0.15) is 0 Å². The van der Waals surface area contributed by atoms with Gasteiger partial charge < -0.3 is 10.2 Å². The number of carbonyl (C=O) groups excluding carboxylic acids is 1. The largest absolute Gasteiger partial charge is 0.323 e. The standard InChI is InChI=1S/C18H24N4OS2/c1-14-19-15(13-25-14)12-21-8-5-9-22(11-10-21)18(23)20-16-6-3-4-7-17(16)24-2/h3-4,6-7,13H,5,8-12H2,1-2H3,(H,20,23). The van der Waals surface area contributed by atoms with Gasteiger partial charge in [-0.25, -0.2) is 9.78 Å². The molecule has 7 heteroatoms. The molecule has 0 aliphatic carbocycles. The first kappa shape index (κ1) is 18.2. The fourth-order valence-corrected chi connectivity index (χ4v) is 4.14. The lowest BCUT2D eigenvalue weighted by molar-refractivity contribution is 0.211. The minimum Gasteiger partial charge on any atom is -0.323 e. The Labute approximate surface area is 157 Å². The minimum atomic E-state index is -0.00662.